The summed E-state index contributed by atoms with van der Waals surface area (Å²) in [6.45, 7) is 12.2. The number of aliphatic hydroxyl groups excluding tert-OH is 1. The van der Waals surface area contributed by atoms with Crippen LogP contribution in [0.15, 0.2) is 30.3 Å². The average molecular weight is 280 g/mol. The Morgan fingerprint density at radius 1 is 0.950 bits per heavy atom. The number of benzene rings is 1. The van der Waals surface area contributed by atoms with E-state index in [0.29, 0.717) is 18.4 Å². The molecule has 0 unspecified atom stereocenters. The van der Waals surface area contributed by atoms with Gasteiger partial charge in [-0.3, -0.25) is 0 Å². The molecule has 1 aromatic carbocycles. The summed E-state index contributed by atoms with van der Waals surface area (Å²) in [5.41, 5.74) is 0. The molecular formula is C17H30NO2+. The lowest BCUT2D eigenvalue weighted by Crippen LogP contribution is -3.14. The van der Waals surface area contributed by atoms with Crippen molar-refractivity contribution >= 4 is 0 Å². The van der Waals surface area contributed by atoms with E-state index in [2.05, 4.69) is 27.7 Å². The van der Waals surface area contributed by atoms with E-state index in [-0.39, 0.29) is 0 Å². The third kappa shape index (κ3) is 7.51. The highest BCUT2D eigenvalue weighted by molar-refractivity contribution is 5.20. The Kier molecular flexibility index (Phi) is 7.63. The second-order valence-corrected chi connectivity index (χ2v) is 6.43. The molecule has 2 N–H and O–H groups in total. The van der Waals surface area contributed by atoms with Gasteiger partial charge in [-0.1, -0.05) is 45.9 Å². The Labute approximate surface area is 123 Å². The summed E-state index contributed by atoms with van der Waals surface area (Å²) in [5, 5.41) is 10.2. The Balaban J connectivity index is 2.38. The fraction of sp³-hybridized carbons (Fsp3) is 0.647. The largest absolute Gasteiger partial charge is 0.491 e. The molecule has 1 aromatic rings. The number of aliphatic hydroxyl groups is 1. The van der Waals surface area contributed by atoms with E-state index in [4.69, 9.17) is 4.74 Å². The Hall–Kier alpha value is -1.06. The first-order valence-corrected chi connectivity index (χ1v) is 7.66. The molecule has 20 heavy (non-hydrogen) atoms. The average Bonchev–Trinajstić information content (AvgIpc) is 2.36. The summed E-state index contributed by atoms with van der Waals surface area (Å²) in [7, 11) is 0. The van der Waals surface area contributed by atoms with Gasteiger partial charge >= 0.3 is 0 Å². The Morgan fingerprint density at radius 2 is 1.50 bits per heavy atom. The van der Waals surface area contributed by atoms with Crippen LogP contribution in [0.5, 0.6) is 5.75 Å². The standard InChI is InChI=1S/C17H29NO2/c1-14(2)10-18(11-15(3)4)12-16(19)13-20-17-8-6-5-7-9-17/h5-9,14-16,19H,10-13H2,1-4H3/p+1/t16-/m1/s1. The quantitative estimate of drug-likeness (QED) is 0.721. The molecule has 1 atom stereocenters. The molecule has 0 heterocycles. The van der Waals surface area contributed by atoms with Crippen molar-refractivity contribution in [1.29, 1.82) is 0 Å². The maximum absolute atomic E-state index is 10.2. The summed E-state index contributed by atoms with van der Waals surface area (Å²) in [6.07, 6.45) is -0.414. The van der Waals surface area contributed by atoms with Crippen molar-refractivity contribution in [3.63, 3.8) is 0 Å². The lowest BCUT2D eigenvalue weighted by molar-refractivity contribution is -0.909. The molecule has 0 aliphatic heterocycles. The van der Waals surface area contributed by atoms with Crippen LogP contribution in [0.1, 0.15) is 27.7 Å². The van der Waals surface area contributed by atoms with Crippen LogP contribution in [0.3, 0.4) is 0 Å². The maximum atomic E-state index is 10.2. The van der Waals surface area contributed by atoms with Gasteiger partial charge in [-0.05, 0) is 12.1 Å². The van der Waals surface area contributed by atoms with E-state index in [1.54, 1.807) is 0 Å². The maximum Gasteiger partial charge on any atom is 0.137 e. The fourth-order valence-electron chi connectivity index (χ4n) is 2.51. The lowest BCUT2D eigenvalue weighted by Gasteiger charge is -2.25. The Morgan fingerprint density at radius 3 is 2.00 bits per heavy atom. The molecule has 0 amide bonds. The first-order chi connectivity index (χ1) is 9.47. The molecule has 0 saturated carbocycles. The van der Waals surface area contributed by atoms with Gasteiger partial charge in [0, 0.05) is 11.8 Å². The minimum Gasteiger partial charge on any atom is -0.491 e. The minimum absolute atomic E-state index is 0.365. The zero-order valence-electron chi connectivity index (χ0n) is 13.3. The van der Waals surface area contributed by atoms with Gasteiger partial charge in [0.25, 0.3) is 0 Å². The number of hydrogen-bond donors (Lipinski definition) is 2. The van der Waals surface area contributed by atoms with Crippen LogP contribution in [0.25, 0.3) is 0 Å². The van der Waals surface area contributed by atoms with Gasteiger partial charge in [0.2, 0.25) is 0 Å². The smallest absolute Gasteiger partial charge is 0.137 e. The van der Waals surface area contributed by atoms with E-state index in [9.17, 15) is 5.11 Å². The number of para-hydroxylation sites is 1. The van der Waals surface area contributed by atoms with Gasteiger partial charge in [-0.2, -0.15) is 0 Å². The van der Waals surface area contributed by atoms with Crippen molar-refractivity contribution in [3.05, 3.63) is 30.3 Å². The molecule has 0 spiro atoms. The Bertz CT molecular complexity index is 341. The van der Waals surface area contributed by atoms with Crippen LogP contribution in [-0.2, 0) is 0 Å². The number of rotatable bonds is 9. The van der Waals surface area contributed by atoms with Gasteiger partial charge in [-0.15, -0.1) is 0 Å². The predicted octanol–water partition coefficient (Wildman–Crippen LogP) is 1.62. The van der Waals surface area contributed by atoms with Crippen molar-refractivity contribution in [1.82, 2.24) is 0 Å². The summed E-state index contributed by atoms with van der Waals surface area (Å²) >= 11 is 0. The summed E-state index contributed by atoms with van der Waals surface area (Å²) in [5.74, 6) is 2.11. The molecular weight excluding hydrogens is 250 g/mol. The van der Waals surface area contributed by atoms with E-state index in [0.717, 1.165) is 25.4 Å². The normalized spacial score (nSPS) is 13.2. The molecule has 0 fully saturated rings. The topological polar surface area (TPSA) is 33.9 Å². The second-order valence-electron chi connectivity index (χ2n) is 6.43. The van der Waals surface area contributed by atoms with Crippen LogP contribution in [0.2, 0.25) is 0 Å². The summed E-state index contributed by atoms with van der Waals surface area (Å²) in [6, 6.07) is 9.67. The predicted molar refractivity (Wildman–Crippen MR) is 83.2 cm³/mol. The molecule has 0 saturated heterocycles. The highest BCUT2D eigenvalue weighted by Crippen LogP contribution is 2.08. The lowest BCUT2D eigenvalue weighted by atomic mass is 10.1. The number of quaternary nitrogens is 1. The molecule has 3 nitrogen and oxygen atoms in total. The molecule has 0 aliphatic rings. The van der Waals surface area contributed by atoms with E-state index in [1.165, 1.54) is 4.90 Å². The van der Waals surface area contributed by atoms with E-state index in [1.807, 2.05) is 30.3 Å². The first kappa shape index (κ1) is 17.0. The SMILES string of the molecule is CC(C)C[NH+](CC(C)C)C[C@@H](O)COc1ccccc1. The zero-order valence-corrected chi connectivity index (χ0v) is 13.3. The minimum atomic E-state index is -0.414. The number of ether oxygens (including phenoxy) is 1. The number of hydrogen-bond acceptors (Lipinski definition) is 2. The number of nitrogens with one attached hydrogen (secondary N) is 1. The van der Waals surface area contributed by atoms with Crippen molar-refractivity contribution in [3.8, 4) is 5.75 Å². The van der Waals surface area contributed by atoms with Gasteiger partial charge in [0.15, 0.2) is 0 Å². The van der Waals surface area contributed by atoms with Crippen molar-refractivity contribution in [2.24, 2.45) is 11.8 Å². The third-order valence-electron chi connectivity index (χ3n) is 3.10. The van der Waals surface area contributed by atoms with Gasteiger partial charge in [0.1, 0.15) is 25.0 Å². The van der Waals surface area contributed by atoms with E-state index >= 15 is 0 Å². The molecule has 1 rings (SSSR count). The second kappa shape index (κ2) is 8.98. The molecule has 114 valence electrons. The van der Waals surface area contributed by atoms with Gasteiger partial charge < -0.3 is 14.7 Å². The van der Waals surface area contributed by atoms with Crippen LogP contribution < -0.4 is 9.64 Å². The first-order valence-electron chi connectivity index (χ1n) is 7.66. The van der Waals surface area contributed by atoms with Crippen LogP contribution in [-0.4, -0.2) is 37.5 Å². The molecule has 0 bridgehead atoms. The highest BCUT2D eigenvalue weighted by atomic mass is 16.5. The summed E-state index contributed by atoms with van der Waals surface area (Å²) in [4.78, 5) is 1.46. The fourth-order valence-corrected chi connectivity index (χ4v) is 2.51. The summed E-state index contributed by atoms with van der Waals surface area (Å²) < 4.78 is 5.62. The molecule has 0 aliphatic carbocycles. The van der Waals surface area contributed by atoms with Crippen molar-refractivity contribution < 1.29 is 14.7 Å². The van der Waals surface area contributed by atoms with Crippen LogP contribution >= 0.6 is 0 Å². The van der Waals surface area contributed by atoms with E-state index < -0.39 is 6.10 Å². The highest BCUT2D eigenvalue weighted by Gasteiger charge is 2.18. The van der Waals surface area contributed by atoms with Gasteiger partial charge in [-0.25, -0.2) is 0 Å². The van der Waals surface area contributed by atoms with Crippen molar-refractivity contribution in [2.75, 3.05) is 26.2 Å². The van der Waals surface area contributed by atoms with Crippen LogP contribution in [0, 0.1) is 11.8 Å². The zero-order chi connectivity index (χ0) is 15.0. The van der Waals surface area contributed by atoms with Crippen LogP contribution in [0.4, 0.5) is 0 Å². The third-order valence-corrected chi connectivity index (χ3v) is 3.10. The molecule has 0 radical (unpaired) electrons. The van der Waals surface area contributed by atoms with Gasteiger partial charge in [0.05, 0.1) is 13.1 Å². The van der Waals surface area contributed by atoms with Crippen molar-refractivity contribution in [2.45, 2.75) is 33.8 Å². The molecule has 3 heteroatoms. The molecule has 0 aromatic heterocycles. The monoisotopic (exact) mass is 280 g/mol.